The summed E-state index contributed by atoms with van der Waals surface area (Å²) in [6.07, 6.45) is -0.0844. The molecular formula is C21H26N4O5. The van der Waals surface area contributed by atoms with Gasteiger partial charge in [0.05, 0.1) is 18.9 Å². The van der Waals surface area contributed by atoms with Crippen molar-refractivity contribution in [3.63, 3.8) is 0 Å². The molecule has 0 atom stereocenters. The van der Waals surface area contributed by atoms with Gasteiger partial charge in [-0.2, -0.15) is 5.26 Å². The van der Waals surface area contributed by atoms with Gasteiger partial charge in [-0.25, -0.2) is 4.79 Å². The molecule has 0 unspecified atom stereocenters. The zero-order valence-corrected chi connectivity index (χ0v) is 17.7. The maximum Gasteiger partial charge on any atom is 0.325 e. The van der Waals surface area contributed by atoms with Gasteiger partial charge in [0.15, 0.2) is 6.61 Å². The van der Waals surface area contributed by atoms with Gasteiger partial charge in [-0.3, -0.25) is 19.3 Å². The molecule has 0 aliphatic carbocycles. The Morgan fingerprint density at radius 2 is 1.83 bits per heavy atom. The minimum absolute atomic E-state index is 0.129. The first kappa shape index (κ1) is 22.9. The average molecular weight is 414 g/mol. The SMILES string of the molecule is Cc1cc(C)cc(N(CCC#N)C(=O)COC(=O)CCN2C(=O)NC(C)(C)C2=O)c1. The number of carbonyl (C=O) groups is 4. The molecule has 0 radical (unpaired) electrons. The van der Waals surface area contributed by atoms with E-state index in [2.05, 4.69) is 5.32 Å². The molecule has 9 nitrogen and oxygen atoms in total. The Kier molecular flexibility index (Phi) is 7.16. The van der Waals surface area contributed by atoms with Crippen LogP contribution in [-0.2, 0) is 19.1 Å². The number of hydrogen-bond acceptors (Lipinski definition) is 6. The van der Waals surface area contributed by atoms with Crippen LogP contribution in [0.25, 0.3) is 0 Å². The number of nitrogens with one attached hydrogen (secondary N) is 1. The number of rotatable bonds is 8. The predicted molar refractivity (Wildman–Crippen MR) is 108 cm³/mol. The normalized spacial score (nSPS) is 14.8. The standard InChI is InChI=1S/C21H26N4O5/c1-14-10-15(2)12-16(11-14)24(8-5-7-22)17(26)13-30-18(27)6-9-25-19(28)21(3,4)23-20(25)29/h10-12H,5-6,8-9,13H2,1-4H3,(H,23,29). The Morgan fingerprint density at radius 1 is 1.20 bits per heavy atom. The summed E-state index contributed by atoms with van der Waals surface area (Å²) in [5, 5.41) is 11.4. The second-order valence-corrected chi connectivity index (χ2v) is 7.72. The van der Waals surface area contributed by atoms with Crippen LogP contribution in [0.2, 0.25) is 0 Å². The number of nitrogens with zero attached hydrogens (tertiary/aromatic N) is 3. The van der Waals surface area contributed by atoms with Crippen molar-refractivity contribution < 1.29 is 23.9 Å². The van der Waals surface area contributed by atoms with Crippen LogP contribution >= 0.6 is 0 Å². The third-order valence-electron chi connectivity index (χ3n) is 4.61. The number of ether oxygens (including phenoxy) is 1. The molecule has 1 heterocycles. The summed E-state index contributed by atoms with van der Waals surface area (Å²) < 4.78 is 5.05. The number of hydrogen-bond donors (Lipinski definition) is 1. The van der Waals surface area contributed by atoms with E-state index in [0.717, 1.165) is 16.0 Å². The summed E-state index contributed by atoms with van der Waals surface area (Å²) in [4.78, 5) is 51.0. The van der Waals surface area contributed by atoms with E-state index < -0.39 is 36.0 Å². The van der Waals surface area contributed by atoms with Crippen LogP contribution in [0.15, 0.2) is 18.2 Å². The van der Waals surface area contributed by atoms with Crippen molar-refractivity contribution in [1.82, 2.24) is 10.2 Å². The summed E-state index contributed by atoms with van der Waals surface area (Å²) >= 11 is 0. The molecule has 0 aromatic heterocycles. The van der Waals surface area contributed by atoms with Crippen molar-refractivity contribution in [3.8, 4) is 6.07 Å². The van der Waals surface area contributed by atoms with E-state index in [9.17, 15) is 19.2 Å². The second-order valence-electron chi connectivity index (χ2n) is 7.72. The third-order valence-corrected chi connectivity index (χ3v) is 4.61. The smallest absolute Gasteiger partial charge is 0.325 e. The van der Waals surface area contributed by atoms with Crippen LogP contribution in [0.3, 0.4) is 0 Å². The Labute approximate surface area is 175 Å². The summed E-state index contributed by atoms with van der Waals surface area (Å²) in [5.41, 5.74) is 1.55. The van der Waals surface area contributed by atoms with Crippen LogP contribution in [0.5, 0.6) is 0 Å². The second kappa shape index (κ2) is 9.39. The van der Waals surface area contributed by atoms with E-state index in [1.807, 2.05) is 38.1 Å². The van der Waals surface area contributed by atoms with Crippen molar-refractivity contribution in [1.29, 1.82) is 5.26 Å². The molecule has 1 aliphatic heterocycles. The molecule has 0 saturated carbocycles. The lowest BCUT2D eigenvalue weighted by molar-refractivity contribution is -0.148. The summed E-state index contributed by atoms with van der Waals surface area (Å²) in [6.45, 7) is 6.51. The zero-order valence-electron chi connectivity index (χ0n) is 17.7. The Morgan fingerprint density at radius 3 is 2.37 bits per heavy atom. The van der Waals surface area contributed by atoms with Crippen molar-refractivity contribution in [3.05, 3.63) is 29.3 Å². The van der Waals surface area contributed by atoms with Crippen LogP contribution in [0.1, 0.15) is 37.8 Å². The Bertz CT molecular complexity index is 883. The number of esters is 1. The molecule has 0 spiro atoms. The number of amides is 4. The number of urea groups is 1. The fraction of sp³-hybridized carbons (Fsp3) is 0.476. The number of aryl methyl sites for hydroxylation is 2. The van der Waals surface area contributed by atoms with E-state index in [1.54, 1.807) is 13.8 Å². The fourth-order valence-electron chi connectivity index (χ4n) is 3.18. The van der Waals surface area contributed by atoms with Crippen molar-refractivity contribution >= 4 is 29.5 Å². The van der Waals surface area contributed by atoms with Crippen molar-refractivity contribution in [2.75, 3.05) is 24.6 Å². The lowest BCUT2D eigenvalue weighted by atomic mass is 10.1. The van der Waals surface area contributed by atoms with Crippen LogP contribution < -0.4 is 10.2 Å². The number of carbonyl (C=O) groups excluding carboxylic acids is 4. The molecule has 1 aromatic rings. The molecule has 30 heavy (non-hydrogen) atoms. The van der Waals surface area contributed by atoms with E-state index in [1.165, 1.54) is 4.90 Å². The highest BCUT2D eigenvalue weighted by Gasteiger charge is 2.44. The molecule has 160 valence electrons. The zero-order chi connectivity index (χ0) is 22.5. The Hall–Kier alpha value is -3.41. The van der Waals surface area contributed by atoms with Crippen LogP contribution in [0, 0.1) is 25.2 Å². The van der Waals surface area contributed by atoms with E-state index in [0.29, 0.717) is 5.69 Å². The average Bonchev–Trinajstić information content (AvgIpc) is 2.84. The highest BCUT2D eigenvalue weighted by atomic mass is 16.5. The van der Waals surface area contributed by atoms with Crippen molar-refractivity contribution in [2.45, 2.75) is 46.1 Å². The highest BCUT2D eigenvalue weighted by molar-refractivity contribution is 6.06. The molecule has 1 aromatic carbocycles. The molecule has 1 saturated heterocycles. The van der Waals surface area contributed by atoms with Gasteiger partial charge in [0.1, 0.15) is 5.54 Å². The highest BCUT2D eigenvalue weighted by Crippen LogP contribution is 2.20. The topological polar surface area (TPSA) is 120 Å². The number of benzene rings is 1. The molecule has 1 fully saturated rings. The van der Waals surface area contributed by atoms with E-state index in [4.69, 9.17) is 10.00 Å². The molecule has 2 rings (SSSR count). The first-order valence-corrected chi connectivity index (χ1v) is 9.60. The van der Waals surface area contributed by atoms with Crippen LogP contribution in [-0.4, -0.2) is 54.0 Å². The largest absolute Gasteiger partial charge is 0.455 e. The lowest BCUT2D eigenvalue weighted by Crippen LogP contribution is -2.40. The summed E-state index contributed by atoms with van der Waals surface area (Å²) in [6, 6.07) is 7.05. The summed E-state index contributed by atoms with van der Waals surface area (Å²) in [5.74, 6) is -1.58. The van der Waals surface area contributed by atoms with E-state index in [-0.39, 0.29) is 25.9 Å². The first-order chi connectivity index (χ1) is 14.0. The van der Waals surface area contributed by atoms with Gasteiger partial charge in [0, 0.05) is 18.8 Å². The monoisotopic (exact) mass is 414 g/mol. The van der Waals surface area contributed by atoms with Gasteiger partial charge in [0.2, 0.25) is 0 Å². The van der Waals surface area contributed by atoms with Crippen LogP contribution in [0.4, 0.5) is 10.5 Å². The fourth-order valence-corrected chi connectivity index (χ4v) is 3.18. The molecule has 1 N–H and O–H groups in total. The predicted octanol–water partition coefficient (Wildman–Crippen LogP) is 1.81. The van der Waals surface area contributed by atoms with Gasteiger partial charge in [-0.05, 0) is 51.0 Å². The molecule has 4 amide bonds. The third kappa shape index (κ3) is 5.56. The van der Waals surface area contributed by atoms with Gasteiger partial charge in [-0.15, -0.1) is 0 Å². The van der Waals surface area contributed by atoms with Gasteiger partial charge in [-0.1, -0.05) is 6.07 Å². The first-order valence-electron chi connectivity index (χ1n) is 9.60. The molecule has 0 bridgehead atoms. The number of anilines is 1. The summed E-state index contributed by atoms with van der Waals surface area (Å²) in [7, 11) is 0. The Balaban J connectivity index is 1.94. The quantitative estimate of drug-likeness (QED) is 0.512. The minimum Gasteiger partial charge on any atom is -0.455 e. The molecule has 1 aliphatic rings. The van der Waals surface area contributed by atoms with E-state index >= 15 is 0 Å². The van der Waals surface area contributed by atoms with Gasteiger partial charge >= 0.3 is 12.0 Å². The number of nitriles is 1. The van der Waals surface area contributed by atoms with Gasteiger partial charge < -0.3 is 15.0 Å². The maximum absolute atomic E-state index is 12.6. The maximum atomic E-state index is 12.6. The minimum atomic E-state index is -1.01. The number of imide groups is 1. The van der Waals surface area contributed by atoms with Gasteiger partial charge in [0.25, 0.3) is 11.8 Å². The molecular weight excluding hydrogens is 388 g/mol. The lowest BCUT2D eigenvalue weighted by Gasteiger charge is -2.23. The van der Waals surface area contributed by atoms with Crippen molar-refractivity contribution in [2.24, 2.45) is 0 Å². The molecule has 9 heteroatoms.